The predicted molar refractivity (Wildman–Crippen MR) is 168 cm³/mol. The number of benzene rings is 2. The Balaban J connectivity index is 1.64. The van der Waals surface area contributed by atoms with E-state index in [0.29, 0.717) is 16.9 Å². The summed E-state index contributed by atoms with van der Waals surface area (Å²) in [5.41, 5.74) is 4.90. The maximum Gasteiger partial charge on any atom is 0.255 e. The lowest BCUT2D eigenvalue weighted by molar-refractivity contribution is -0.153. The second-order valence-electron chi connectivity index (χ2n) is 12.7. The summed E-state index contributed by atoms with van der Waals surface area (Å²) in [4.78, 5) is 43.3. The molecular weight excluding hydrogens is 578 g/mol. The van der Waals surface area contributed by atoms with Crippen LogP contribution in [0.2, 0.25) is 0 Å². The predicted octanol–water partition coefficient (Wildman–Crippen LogP) is 2.52. The van der Waals surface area contributed by atoms with E-state index in [9.17, 15) is 34.8 Å². The molecule has 2 aromatic rings. The number of phenols is 1. The van der Waals surface area contributed by atoms with Gasteiger partial charge >= 0.3 is 0 Å². The number of hydrogen-bond donors (Lipinski definition) is 5. The number of unbranched alkanes of at least 4 members (excludes halogenated alkanes) is 1. The van der Waals surface area contributed by atoms with Gasteiger partial charge in [0.15, 0.2) is 11.4 Å². The number of carbonyl (C=O) groups is 3. The fourth-order valence-corrected chi connectivity index (χ4v) is 7.37. The summed E-state index contributed by atoms with van der Waals surface area (Å²) in [6.45, 7) is 0.982. The highest BCUT2D eigenvalue weighted by atomic mass is 16.5. The van der Waals surface area contributed by atoms with Crippen molar-refractivity contribution in [2.45, 2.75) is 43.7 Å². The third-order valence-corrected chi connectivity index (χ3v) is 9.48. The normalized spacial score (nSPS) is 24.6. The summed E-state index contributed by atoms with van der Waals surface area (Å²) in [5, 5.41) is 45.5. The fraction of sp³-hybridized carbons (Fsp3) is 0.441. The van der Waals surface area contributed by atoms with E-state index >= 15 is 0 Å². The molecule has 240 valence electrons. The maximum absolute atomic E-state index is 14.1. The zero-order valence-electron chi connectivity index (χ0n) is 26.3. The number of aromatic hydroxyl groups is 1. The number of aryl methyl sites for hydroxylation is 1. The molecule has 0 aromatic heterocycles. The van der Waals surface area contributed by atoms with Gasteiger partial charge in [0.1, 0.15) is 28.6 Å². The van der Waals surface area contributed by atoms with Crippen LogP contribution in [0.3, 0.4) is 0 Å². The van der Waals surface area contributed by atoms with Crippen molar-refractivity contribution in [2.75, 3.05) is 41.8 Å². The summed E-state index contributed by atoms with van der Waals surface area (Å²) >= 11 is 0. The second-order valence-corrected chi connectivity index (χ2v) is 12.7. The molecule has 0 bridgehead atoms. The number of nitrogens with two attached hydrogens (primary N) is 1. The van der Waals surface area contributed by atoms with Crippen LogP contribution < -0.4 is 10.5 Å². The van der Waals surface area contributed by atoms with Gasteiger partial charge in [-0.25, -0.2) is 0 Å². The Morgan fingerprint density at radius 1 is 1.04 bits per heavy atom. The summed E-state index contributed by atoms with van der Waals surface area (Å²) < 4.78 is 5.72. The summed E-state index contributed by atoms with van der Waals surface area (Å²) in [5.74, 6) is -6.20. The number of rotatable bonds is 9. The number of aliphatic hydroxyl groups excluding tert-OH is 2. The Bertz CT molecular complexity index is 1640. The minimum Gasteiger partial charge on any atom is -0.508 e. The van der Waals surface area contributed by atoms with Crippen LogP contribution in [0.1, 0.15) is 36.0 Å². The van der Waals surface area contributed by atoms with Crippen LogP contribution in [-0.2, 0) is 27.2 Å². The average molecular weight is 620 g/mol. The molecular formula is C34H41N3O8. The third kappa shape index (κ3) is 5.18. The Labute approximate surface area is 262 Å². The molecule has 6 N–H and O–H groups in total. The molecule has 0 unspecified atom stereocenters. The molecule has 11 heteroatoms. The van der Waals surface area contributed by atoms with Gasteiger partial charge in [-0.3, -0.25) is 19.3 Å². The zero-order valence-corrected chi connectivity index (χ0v) is 26.3. The molecule has 0 saturated heterocycles. The number of likely N-dealkylation sites (N-methyl/N-ethyl adjacent to an activating group) is 1. The van der Waals surface area contributed by atoms with Gasteiger partial charge in [0, 0.05) is 17.1 Å². The lowest BCUT2D eigenvalue weighted by atomic mass is 9.57. The Morgan fingerprint density at radius 3 is 2.38 bits per heavy atom. The number of ether oxygens (including phenoxy) is 1. The molecule has 2 aromatic carbocycles. The monoisotopic (exact) mass is 619 g/mol. The van der Waals surface area contributed by atoms with Crippen molar-refractivity contribution in [1.29, 1.82) is 0 Å². The first-order valence-corrected chi connectivity index (χ1v) is 15.1. The fourth-order valence-electron chi connectivity index (χ4n) is 7.37. The van der Waals surface area contributed by atoms with Gasteiger partial charge < -0.3 is 35.8 Å². The summed E-state index contributed by atoms with van der Waals surface area (Å²) in [6, 6.07) is 7.99. The molecule has 0 spiro atoms. The first kappa shape index (κ1) is 32.2. The highest BCUT2D eigenvalue weighted by Gasteiger charge is 2.64. The lowest BCUT2D eigenvalue weighted by Crippen LogP contribution is -2.65. The van der Waals surface area contributed by atoms with E-state index in [2.05, 4.69) is 4.90 Å². The Morgan fingerprint density at radius 2 is 1.76 bits per heavy atom. The van der Waals surface area contributed by atoms with Crippen molar-refractivity contribution in [3.63, 3.8) is 0 Å². The minimum atomic E-state index is -2.68. The van der Waals surface area contributed by atoms with Crippen LogP contribution in [0.4, 0.5) is 0 Å². The molecule has 1 amide bonds. The number of carbonyl (C=O) groups excluding carboxylic acids is 3. The van der Waals surface area contributed by atoms with E-state index in [1.54, 1.807) is 27.3 Å². The SMILES string of the molecule is COc1ccc(CCCCN(C)C)cc1-c1ccc(O)c2c1C[C@@H]1C[C@@H]3[C@@H](N(C)C)C(=O)C(C(N)=O)=C(O)[C@]3(O)C(=O)C1=C2O. The standard InChI is InChI=1S/C34H41N3O8/c1-36(2)13-7-6-8-17-9-12-24(45-5)20(14-17)19-10-11-23(38)26-21(19)15-18-16-22-28(37(3)4)30(40)27(33(35)43)32(42)34(22,44)31(41)25(18)29(26)39/h9-12,14,18,22,28,38-39,42,44H,6-8,13,15-16H2,1-5H3,(H2,35,43)/t18-,22-,28-,34-/m1/s1. The minimum absolute atomic E-state index is 0.0178. The molecule has 45 heavy (non-hydrogen) atoms. The van der Waals surface area contributed by atoms with E-state index < -0.39 is 58.0 Å². The lowest BCUT2D eigenvalue weighted by Gasteiger charge is -2.50. The van der Waals surface area contributed by atoms with Crippen LogP contribution in [0.5, 0.6) is 11.5 Å². The van der Waals surface area contributed by atoms with Crippen LogP contribution >= 0.6 is 0 Å². The topological polar surface area (TPSA) is 174 Å². The van der Waals surface area contributed by atoms with Gasteiger partial charge in [0.25, 0.3) is 5.91 Å². The number of aliphatic hydroxyl groups is 3. The molecule has 4 atom stereocenters. The number of methoxy groups -OCH3 is 1. The van der Waals surface area contributed by atoms with Crippen LogP contribution in [0.25, 0.3) is 16.9 Å². The zero-order chi connectivity index (χ0) is 33.0. The molecule has 3 aliphatic carbocycles. The highest BCUT2D eigenvalue weighted by Crippen LogP contribution is 2.54. The number of amides is 1. The quantitative estimate of drug-likeness (QED) is 0.207. The van der Waals surface area contributed by atoms with Crippen LogP contribution in [-0.4, -0.2) is 101 Å². The summed E-state index contributed by atoms with van der Waals surface area (Å²) in [6.07, 6.45) is 3.08. The highest BCUT2D eigenvalue weighted by molar-refractivity contribution is 6.24. The molecule has 11 nitrogen and oxygen atoms in total. The molecule has 1 fully saturated rings. The Kier molecular flexibility index (Phi) is 8.56. The van der Waals surface area contributed by atoms with Gasteiger partial charge in [0.05, 0.1) is 18.7 Å². The van der Waals surface area contributed by atoms with Crippen LogP contribution in [0.15, 0.2) is 47.2 Å². The van der Waals surface area contributed by atoms with E-state index in [0.717, 1.165) is 36.9 Å². The first-order chi connectivity index (χ1) is 21.2. The number of Topliss-reactive ketones (excluding diaryl/α,β-unsaturated/α-hetero) is 2. The summed E-state index contributed by atoms with van der Waals surface area (Å²) in [7, 11) is 8.80. The molecule has 5 rings (SSSR count). The van der Waals surface area contributed by atoms with E-state index in [-0.39, 0.29) is 29.7 Å². The van der Waals surface area contributed by atoms with Crippen molar-refractivity contribution in [3.05, 3.63) is 63.9 Å². The number of primary amides is 1. The van der Waals surface area contributed by atoms with Crippen molar-refractivity contribution in [2.24, 2.45) is 17.6 Å². The second kappa shape index (κ2) is 12.0. The number of phenolic OH excluding ortho intramolecular Hbond substituents is 1. The van der Waals surface area contributed by atoms with Gasteiger partial charge in [-0.05, 0) is 108 Å². The Hall–Kier alpha value is -4.19. The molecule has 0 aliphatic heterocycles. The van der Waals surface area contributed by atoms with Crippen molar-refractivity contribution < 1.29 is 39.5 Å². The largest absolute Gasteiger partial charge is 0.508 e. The maximum atomic E-state index is 14.1. The number of ketones is 2. The van der Waals surface area contributed by atoms with E-state index in [1.807, 2.05) is 32.3 Å². The molecule has 3 aliphatic rings. The van der Waals surface area contributed by atoms with Gasteiger partial charge in [-0.15, -0.1) is 0 Å². The van der Waals surface area contributed by atoms with Crippen LogP contribution in [0, 0.1) is 11.8 Å². The van der Waals surface area contributed by atoms with Gasteiger partial charge in [-0.1, -0.05) is 12.1 Å². The number of hydrogen-bond acceptors (Lipinski definition) is 10. The first-order valence-electron chi connectivity index (χ1n) is 15.1. The third-order valence-electron chi connectivity index (χ3n) is 9.48. The average Bonchev–Trinajstić information content (AvgIpc) is 2.97. The smallest absolute Gasteiger partial charge is 0.255 e. The van der Waals surface area contributed by atoms with Gasteiger partial charge in [0.2, 0.25) is 5.78 Å². The molecule has 0 heterocycles. The van der Waals surface area contributed by atoms with Gasteiger partial charge in [-0.2, -0.15) is 0 Å². The number of nitrogens with zero attached hydrogens (tertiary/aromatic N) is 2. The van der Waals surface area contributed by atoms with Crippen molar-refractivity contribution >= 4 is 23.2 Å². The number of fused-ring (bicyclic) bond motifs is 3. The molecule has 0 radical (unpaired) electrons. The van der Waals surface area contributed by atoms with Crippen molar-refractivity contribution in [3.8, 4) is 22.6 Å². The molecule has 1 saturated carbocycles. The van der Waals surface area contributed by atoms with E-state index in [4.69, 9.17) is 10.5 Å². The van der Waals surface area contributed by atoms with E-state index in [1.165, 1.54) is 11.0 Å². The van der Waals surface area contributed by atoms with Crippen molar-refractivity contribution in [1.82, 2.24) is 9.80 Å².